The zero-order valence-electron chi connectivity index (χ0n) is 33.0. The van der Waals surface area contributed by atoms with Gasteiger partial charge >= 0.3 is 19.8 Å². The first kappa shape index (κ1) is 50.5. The molecule has 0 spiro atoms. The first-order valence-corrected chi connectivity index (χ1v) is 22.3. The summed E-state index contributed by atoms with van der Waals surface area (Å²) in [6.07, 6.45) is 35.7. The summed E-state index contributed by atoms with van der Waals surface area (Å²) in [5, 5.41) is 18.3. The molecule has 3 atom stereocenters. The smallest absolute Gasteiger partial charge is 0.462 e. The minimum Gasteiger partial charge on any atom is -0.462 e. The second-order valence-electron chi connectivity index (χ2n) is 14.0. The van der Waals surface area contributed by atoms with Crippen LogP contribution in [0.4, 0.5) is 0 Å². The molecular formula is C41H77O10P. The van der Waals surface area contributed by atoms with E-state index >= 15 is 0 Å². The molecule has 10 nitrogen and oxygen atoms in total. The summed E-state index contributed by atoms with van der Waals surface area (Å²) >= 11 is 0. The molecule has 0 aliphatic rings. The van der Waals surface area contributed by atoms with Crippen LogP contribution in [0.3, 0.4) is 0 Å². The van der Waals surface area contributed by atoms with Crippen LogP contribution in [0, 0.1) is 0 Å². The fraction of sp³-hybridized carbons (Fsp3) is 0.854. The number of allylic oxidation sites excluding steroid dienone is 4. The van der Waals surface area contributed by atoms with Gasteiger partial charge in [-0.25, -0.2) is 4.57 Å². The molecule has 0 amide bonds. The quantitative estimate of drug-likeness (QED) is 0.0239. The monoisotopic (exact) mass is 761 g/mol. The number of hydrogen-bond acceptors (Lipinski definition) is 9. The van der Waals surface area contributed by atoms with E-state index in [2.05, 4.69) is 42.7 Å². The number of unbranched alkanes of at least 4 members (excludes halogenated alkanes) is 21. The highest BCUT2D eigenvalue weighted by Crippen LogP contribution is 2.43. The minimum absolute atomic E-state index is 0.181. The van der Waals surface area contributed by atoms with Gasteiger partial charge in [0.2, 0.25) is 0 Å². The highest BCUT2D eigenvalue weighted by atomic mass is 31.2. The van der Waals surface area contributed by atoms with Crippen molar-refractivity contribution < 1.29 is 47.8 Å². The van der Waals surface area contributed by atoms with Gasteiger partial charge in [-0.3, -0.25) is 18.6 Å². The van der Waals surface area contributed by atoms with E-state index in [1.54, 1.807) is 0 Å². The molecule has 0 aromatic carbocycles. The molecule has 0 saturated carbocycles. The van der Waals surface area contributed by atoms with Crippen LogP contribution in [0.5, 0.6) is 0 Å². The summed E-state index contributed by atoms with van der Waals surface area (Å²) in [5.41, 5.74) is 0. The molecule has 306 valence electrons. The van der Waals surface area contributed by atoms with Crippen LogP contribution in [0.1, 0.15) is 187 Å². The number of phosphoric acid groups is 1. The Morgan fingerprint density at radius 3 is 1.52 bits per heavy atom. The van der Waals surface area contributed by atoms with Gasteiger partial charge < -0.3 is 24.6 Å². The predicted molar refractivity (Wildman–Crippen MR) is 210 cm³/mol. The molecule has 0 saturated heterocycles. The highest BCUT2D eigenvalue weighted by Gasteiger charge is 2.27. The lowest BCUT2D eigenvalue weighted by atomic mass is 10.0. The maximum Gasteiger partial charge on any atom is 0.472 e. The fourth-order valence-corrected chi connectivity index (χ4v) is 6.40. The van der Waals surface area contributed by atoms with Crippen molar-refractivity contribution >= 4 is 19.8 Å². The molecule has 0 aliphatic carbocycles. The number of hydrogen-bond donors (Lipinski definition) is 3. The van der Waals surface area contributed by atoms with Gasteiger partial charge in [0, 0.05) is 12.8 Å². The van der Waals surface area contributed by atoms with Crippen LogP contribution < -0.4 is 0 Å². The second kappa shape index (κ2) is 37.8. The van der Waals surface area contributed by atoms with Crippen LogP contribution in [-0.2, 0) is 32.7 Å². The van der Waals surface area contributed by atoms with Crippen molar-refractivity contribution in [3.63, 3.8) is 0 Å². The van der Waals surface area contributed by atoms with Crippen LogP contribution in [0.25, 0.3) is 0 Å². The lowest BCUT2D eigenvalue weighted by Gasteiger charge is -2.20. The topological polar surface area (TPSA) is 149 Å². The third-order valence-corrected chi connectivity index (χ3v) is 9.81. The van der Waals surface area contributed by atoms with Crippen molar-refractivity contribution in [3.8, 4) is 0 Å². The van der Waals surface area contributed by atoms with Gasteiger partial charge in [-0.2, -0.15) is 0 Å². The molecule has 0 aromatic heterocycles. The lowest BCUT2D eigenvalue weighted by molar-refractivity contribution is -0.161. The van der Waals surface area contributed by atoms with Gasteiger partial charge in [0.1, 0.15) is 12.7 Å². The van der Waals surface area contributed by atoms with Crippen LogP contribution >= 0.6 is 7.82 Å². The zero-order valence-corrected chi connectivity index (χ0v) is 33.9. The van der Waals surface area contributed by atoms with E-state index < -0.39 is 51.8 Å². The summed E-state index contributed by atoms with van der Waals surface area (Å²) in [7, 11) is -4.62. The fourth-order valence-electron chi connectivity index (χ4n) is 5.61. The Kier molecular flexibility index (Phi) is 36.6. The summed E-state index contributed by atoms with van der Waals surface area (Å²) < 4.78 is 32.6. The van der Waals surface area contributed by atoms with Crippen molar-refractivity contribution in [1.82, 2.24) is 0 Å². The summed E-state index contributed by atoms with van der Waals surface area (Å²) in [5.74, 6) is -0.957. The standard InChI is InChI=1S/C41H77O10P/c1-3-5-7-9-11-13-15-17-19-21-22-24-26-28-30-32-40(44)48-36-39(37-50-52(46,47)49-35-38(43)34-42)51-41(45)33-31-29-27-25-23-20-18-16-14-12-10-8-6-4-2/h17,19,22,24,38-39,42-43H,3-16,18,20-21,23,25-37H2,1-2H3,(H,46,47)/b19-17+,24-22+/t38-,39+/m0/s1. The average molecular weight is 761 g/mol. The number of aliphatic hydroxyl groups is 2. The Bertz CT molecular complexity index is 925. The molecule has 0 aliphatic heterocycles. The first-order valence-electron chi connectivity index (χ1n) is 20.8. The average Bonchev–Trinajstić information content (AvgIpc) is 3.13. The van der Waals surface area contributed by atoms with Crippen LogP contribution in [0.2, 0.25) is 0 Å². The SMILES string of the molecule is CCCCCCCC/C=C/C/C=C/CCCCC(=O)OC[C@H](COP(=O)(O)OC[C@@H](O)CO)OC(=O)CCCCCCCCCCCCCCCC. The Labute approximate surface area is 317 Å². The van der Waals surface area contributed by atoms with Gasteiger partial charge in [0.15, 0.2) is 6.10 Å². The second-order valence-corrected chi connectivity index (χ2v) is 15.5. The van der Waals surface area contributed by atoms with E-state index in [9.17, 15) is 24.2 Å². The number of carbonyl (C=O) groups is 2. The van der Waals surface area contributed by atoms with E-state index in [0.717, 1.165) is 44.9 Å². The summed E-state index contributed by atoms with van der Waals surface area (Å²) in [6.45, 7) is 2.34. The van der Waals surface area contributed by atoms with Crippen molar-refractivity contribution in [2.45, 2.75) is 199 Å². The normalized spacial score (nSPS) is 14.2. The third kappa shape index (κ3) is 36.8. The Balaban J connectivity index is 4.36. The Morgan fingerprint density at radius 1 is 0.577 bits per heavy atom. The highest BCUT2D eigenvalue weighted by molar-refractivity contribution is 7.47. The molecule has 52 heavy (non-hydrogen) atoms. The zero-order chi connectivity index (χ0) is 38.4. The van der Waals surface area contributed by atoms with Gasteiger partial charge in [-0.15, -0.1) is 0 Å². The molecule has 3 N–H and O–H groups in total. The van der Waals surface area contributed by atoms with Gasteiger partial charge in [0.25, 0.3) is 0 Å². The van der Waals surface area contributed by atoms with Crippen molar-refractivity contribution in [1.29, 1.82) is 0 Å². The predicted octanol–water partition coefficient (Wildman–Crippen LogP) is 10.6. The number of carbonyl (C=O) groups excluding carboxylic acids is 2. The van der Waals surface area contributed by atoms with Crippen LogP contribution in [0.15, 0.2) is 24.3 Å². The largest absolute Gasteiger partial charge is 0.472 e. The number of phosphoric ester groups is 1. The molecule has 0 fully saturated rings. The van der Waals surface area contributed by atoms with Crippen molar-refractivity contribution in [2.24, 2.45) is 0 Å². The number of esters is 2. The molecule has 0 aromatic rings. The maximum absolute atomic E-state index is 12.6. The number of rotatable bonds is 39. The lowest BCUT2D eigenvalue weighted by Crippen LogP contribution is -2.29. The summed E-state index contributed by atoms with van der Waals surface area (Å²) in [6, 6.07) is 0. The molecule has 0 bridgehead atoms. The molecule has 1 unspecified atom stereocenters. The van der Waals surface area contributed by atoms with E-state index in [4.69, 9.17) is 19.1 Å². The maximum atomic E-state index is 12.6. The number of aliphatic hydroxyl groups excluding tert-OH is 2. The van der Waals surface area contributed by atoms with E-state index in [1.807, 2.05) is 0 Å². The Hall–Kier alpha value is -1.55. The van der Waals surface area contributed by atoms with E-state index in [1.165, 1.54) is 103 Å². The summed E-state index contributed by atoms with van der Waals surface area (Å²) in [4.78, 5) is 34.9. The molecule has 0 heterocycles. The Morgan fingerprint density at radius 2 is 1.00 bits per heavy atom. The molecular weight excluding hydrogens is 683 g/mol. The van der Waals surface area contributed by atoms with E-state index in [-0.39, 0.29) is 19.4 Å². The molecule has 0 radical (unpaired) electrons. The van der Waals surface area contributed by atoms with Crippen molar-refractivity contribution in [3.05, 3.63) is 24.3 Å². The van der Waals surface area contributed by atoms with Gasteiger partial charge in [-0.1, -0.05) is 154 Å². The van der Waals surface area contributed by atoms with E-state index in [0.29, 0.717) is 12.8 Å². The van der Waals surface area contributed by atoms with Gasteiger partial charge in [0.05, 0.1) is 19.8 Å². The molecule has 11 heteroatoms. The number of ether oxygens (including phenoxy) is 2. The third-order valence-electron chi connectivity index (χ3n) is 8.86. The van der Waals surface area contributed by atoms with Crippen LogP contribution in [-0.4, -0.2) is 65.7 Å². The van der Waals surface area contributed by atoms with Gasteiger partial charge in [-0.05, 0) is 44.9 Å². The van der Waals surface area contributed by atoms with Crippen molar-refractivity contribution in [2.75, 3.05) is 26.4 Å². The first-order chi connectivity index (χ1) is 25.2. The molecule has 0 rings (SSSR count). The minimum atomic E-state index is -4.62.